The summed E-state index contributed by atoms with van der Waals surface area (Å²) in [6.07, 6.45) is 22.1. The number of tetrazole rings is 3. The number of likely N-dealkylation sites (N-methyl/N-ethyl adjacent to an activating group) is 2. The highest BCUT2D eigenvalue weighted by Gasteiger charge is 2.28. The first-order valence-electron chi connectivity index (χ1n) is 33.2. The van der Waals surface area contributed by atoms with Gasteiger partial charge < -0.3 is 46.5 Å². The fourth-order valence-electron chi connectivity index (χ4n) is 11.6. The molecule has 1 saturated heterocycles. The summed E-state index contributed by atoms with van der Waals surface area (Å²) < 4.78 is 115. The Kier molecular flexibility index (Phi) is 22.2. The molecule has 2 fully saturated rings. The fourth-order valence-corrected chi connectivity index (χ4v) is 11.6. The van der Waals surface area contributed by atoms with E-state index in [0.29, 0.717) is 53.9 Å². The Morgan fingerprint density at radius 3 is 1.43 bits per heavy atom. The van der Waals surface area contributed by atoms with Crippen LogP contribution in [-0.4, -0.2) is 189 Å². The van der Waals surface area contributed by atoms with Crippen LogP contribution in [0, 0.1) is 40.8 Å². The number of hydrogen-bond acceptors (Lipinski definition) is 24. The summed E-state index contributed by atoms with van der Waals surface area (Å²) in [6, 6.07) is 12.9. The first kappa shape index (κ1) is 72.0. The van der Waals surface area contributed by atoms with E-state index in [0.717, 1.165) is 105 Å². The van der Waals surface area contributed by atoms with Crippen LogP contribution in [-0.2, 0) is 7.05 Å². The van der Waals surface area contributed by atoms with E-state index in [1.165, 1.54) is 25.0 Å². The van der Waals surface area contributed by atoms with Gasteiger partial charge in [0.05, 0.1) is 47.9 Å². The molecule has 1 aliphatic carbocycles. The van der Waals surface area contributed by atoms with Crippen LogP contribution in [0.1, 0.15) is 64.5 Å². The molecule has 0 atom stereocenters. The number of benzene rings is 3. The molecule has 7 N–H and O–H groups in total. The lowest BCUT2D eigenvalue weighted by atomic mass is 9.99. The summed E-state index contributed by atoms with van der Waals surface area (Å²) in [5.41, 5.74) is 22.9. The van der Waals surface area contributed by atoms with Gasteiger partial charge in [-0.1, -0.05) is 12.8 Å². The largest absolute Gasteiger partial charge is 0.492 e. The summed E-state index contributed by atoms with van der Waals surface area (Å²) in [5.74, 6) is -4.80. The Morgan fingerprint density at radius 1 is 0.519 bits per heavy atom. The molecular formula is C68H75F6N27O3. The van der Waals surface area contributed by atoms with Crippen molar-refractivity contribution >= 4 is 17.5 Å². The first-order valence-corrected chi connectivity index (χ1v) is 33.2. The summed E-state index contributed by atoms with van der Waals surface area (Å²) in [5, 5.41) is 50.6. The lowest BCUT2D eigenvalue weighted by molar-refractivity contribution is 0.206. The molecule has 1 aliphatic heterocycles. The van der Waals surface area contributed by atoms with E-state index < -0.39 is 46.3 Å². The predicted molar refractivity (Wildman–Crippen MR) is 372 cm³/mol. The second-order valence-corrected chi connectivity index (χ2v) is 25.6. The van der Waals surface area contributed by atoms with Gasteiger partial charge in [0.2, 0.25) is 5.82 Å². The van der Waals surface area contributed by atoms with Gasteiger partial charge in [0, 0.05) is 121 Å². The number of pyridine rings is 3. The third-order valence-corrected chi connectivity index (χ3v) is 17.2. The van der Waals surface area contributed by atoms with Crippen molar-refractivity contribution in [3.63, 3.8) is 0 Å². The normalized spacial score (nSPS) is 13.4. The standard InChI is InChI=1S/C24H27F2N9O.C22H23F2N9O.C22H25F2N9O/c1-33(2)7-8-36-18-10-20(25)22(21(26)11-18)35-24(30-31-32-35)19-9-15(12-28-23(19)27)16-13-29-34(14-16)17-5-3-4-6-17;1-32-11-15(10-28-32)14-8-16(21(25)27-9-14)22-29-30-31-33(22)17-2-3-18(20(24)19(17)23)34-12-13-4-6-26-7-5-13;1-13(2)32-12-15(11-27-32)14-7-17(21(25)26-10-14)22-28-29-30-33(22)20-18(23)8-16(9-19(20)24)34-6-5-31(3)4/h9-14,17H,3-8H2,1-2H3,(H2,27,28);2-3,8-11,13,26H,4-7,12H2,1H3,(H2,25,27);7-13H,5-6H2,1-4H3,(H2,25,26). The van der Waals surface area contributed by atoms with Crippen molar-refractivity contribution in [3.05, 3.63) is 145 Å². The number of hydrogen-bond donors (Lipinski definition) is 4. The van der Waals surface area contributed by atoms with Gasteiger partial charge in [0.1, 0.15) is 59.2 Å². The van der Waals surface area contributed by atoms with Crippen LogP contribution >= 0.6 is 0 Å². The lowest BCUT2D eigenvalue weighted by Crippen LogP contribution is -2.30. The molecule has 0 radical (unpaired) electrons. The maximum Gasteiger partial charge on any atom is 0.202 e. The summed E-state index contributed by atoms with van der Waals surface area (Å²) in [7, 11) is 9.30. The van der Waals surface area contributed by atoms with Gasteiger partial charge in [0.25, 0.3) is 0 Å². The van der Waals surface area contributed by atoms with Crippen molar-refractivity contribution in [2.24, 2.45) is 13.0 Å². The van der Waals surface area contributed by atoms with Crippen LogP contribution in [0.25, 0.3) is 84.6 Å². The number of rotatable bonds is 22. The average Bonchev–Trinajstić information content (AvgIpc) is 1.54. The second-order valence-electron chi connectivity index (χ2n) is 25.6. The number of aromatic nitrogens is 21. The smallest absolute Gasteiger partial charge is 0.202 e. The molecule has 30 nitrogen and oxygen atoms in total. The molecule has 542 valence electrons. The lowest BCUT2D eigenvalue weighted by Gasteiger charge is -2.22. The average molecular weight is 1430 g/mol. The van der Waals surface area contributed by atoms with Crippen LogP contribution < -0.4 is 36.7 Å². The van der Waals surface area contributed by atoms with E-state index in [1.807, 2.05) is 79.8 Å². The number of piperidine rings is 1. The molecule has 2 aliphatic rings. The Balaban J connectivity index is 0.000000147. The number of nitrogens with zero attached hydrogens (tertiary/aromatic N) is 23. The van der Waals surface area contributed by atoms with Crippen LogP contribution in [0.2, 0.25) is 0 Å². The van der Waals surface area contributed by atoms with Crippen molar-refractivity contribution in [1.29, 1.82) is 0 Å². The number of nitrogen functional groups attached to an aromatic ring is 3. The van der Waals surface area contributed by atoms with Gasteiger partial charge in [-0.25, -0.2) is 36.9 Å². The number of nitrogens with two attached hydrogens (primary N) is 3. The molecule has 14 rings (SSSR count). The van der Waals surface area contributed by atoms with E-state index in [1.54, 1.807) is 67.1 Å². The summed E-state index contributed by atoms with van der Waals surface area (Å²) in [6.45, 7) is 7.91. The minimum absolute atomic E-state index is 0.0437. The molecule has 104 heavy (non-hydrogen) atoms. The third-order valence-electron chi connectivity index (χ3n) is 17.2. The Morgan fingerprint density at radius 2 is 0.971 bits per heavy atom. The fraction of sp³-hybridized carbons (Fsp3) is 0.338. The molecule has 0 unspecified atom stereocenters. The van der Waals surface area contributed by atoms with Crippen molar-refractivity contribution in [2.45, 2.75) is 64.5 Å². The Bertz CT molecular complexity index is 4890. The molecule has 0 bridgehead atoms. The number of halogens is 6. The van der Waals surface area contributed by atoms with E-state index in [9.17, 15) is 13.2 Å². The van der Waals surface area contributed by atoms with Crippen LogP contribution in [0.4, 0.5) is 43.8 Å². The highest BCUT2D eigenvalue weighted by atomic mass is 19.2. The van der Waals surface area contributed by atoms with E-state index in [4.69, 9.17) is 31.4 Å². The molecule has 36 heteroatoms. The Labute approximate surface area is 591 Å². The zero-order chi connectivity index (χ0) is 73.3. The molecule has 0 spiro atoms. The first-order chi connectivity index (χ1) is 50.2. The second kappa shape index (κ2) is 32.0. The maximum absolute atomic E-state index is 15.1. The van der Waals surface area contributed by atoms with Crippen LogP contribution in [0.3, 0.4) is 0 Å². The maximum atomic E-state index is 15.1. The minimum atomic E-state index is -1.12. The van der Waals surface area contributed by atoms with E-state index in [-0.39, 0.29) is 77.1 Å². The van der Waals surface area contributed by atoms with Crippen LogP contribution in [0.5, 0.6) is 17.2 Å². The van der Waals surface area contributed by atoms with Crippen molar-refractivity contribution < 1.29 is 40.6 Å². The van der Waals surface area contributed by atoms with Crippen molar-refractivity contribution in [3.8, 4) is 102 Å². The molecule has 3 aromatic carbocycles. The van der Waals surface area contributed by atoms with Gasteiger partial charge in [-0.2, -0.15) is 33.7 Å². The van der Waals surface area contributed by atoms with Crippen molar-refractivity contribution in [2.75, 3.05) is 91.4 Å². The third kappa shape index (κ3) is 16.4. The molecule has 10 heterocycles. The molecule has 9 aromatic heterocycles. The zero-order valence-electron chi connectivity index (χ0n) is 57.8. The Hall–Kier alpha value is -11.8. The predicted octanol–water partition coefficient (Wildman–Crippen LogP) is 8.84. The van der Waals surface area contributed by atoms with Crippen molar-refractivity contribution in [1.82, 2.24) is 120 Å². The van der Waals surface area contributed by atoms with Crippen LogP contribution in [0.15, 0.2) is 110 Å². The molecule has 0 amide bonds. The SMILES string of the molecule is CC(C)n1cc(-c2cnc(N)c(-c3nnnn3-c3c(F)cc(OCCN(C)C)cc3F)c2)cn1.CN(C)CCOc1cc(F)c(-n2nnnc2-c2cc(-c3cnn(C4CCCC4)c3)cnc2N)c(F)c1.Cn1cc(-c2cnc(N)c(-c3nnnn3-c3ccc(OCC4CCNCC4)c(F)c3F)c2)cn1. The number of nitrogens with one attached hydrogen (secondary N) is 1. The number of aryl methyl sites for hydroxylation is 1. The monoisotopic (exact) mass is 1430 g/mol. The number of ether oxygens (including phenoxy) is 3. The molecular weight excluding hydrogens is 1360 g/mol. The highest BCUT2D eigenvalue weighted by Crippen LogP contribution is 2.37. The minimum Gasteiger partial charge on any atom is -0.492 e. The quantitative estimate of drug-likeness (QED) is 0.0460. The highest BCUT2D eigenvalue weighted by molar-refractivity contribution is 5.79. The van der Waals surface area contributed by atoms with Gasteiger partial charge in [-0.05, 0) is 148 Å². The topological polar surface area (TPSA) is 347 Å². The molecule has 12 aromatic rings. The van der Waals surface area contributed by atoms with Gasteiger partial charge >= 0.3 is 0 Å². The summed E-state index contributed by atoms with van der Waals surface area (Å²) >= 11 is 0. The molecule has 1 saturated carbocycles. The van der Waals surface area contributed by atoms with E-state index >= 15 is 13.2 Å². The van der Waals surface area contributed by atoms with Gasteiger partial charge in [-0.15, -0.1) is 15.3 Å². The van der Waals surface area contributed by atoms with Gasteiger partial charge in [-0.3, -0.25) is 14.0 Å². The van der Waals surface area contributed by atoms with Gasteiger partial charge in [0.15, 0.2) is 52.3 Å². The number of anilines is 3. The van der Waals surface area contributed by atoms with E-state index in [2.05, 4.69) is 82.1 Å². The summed E-state index contributed by atoms with van der Waals surface area (Å²) in [4.78, 5) is 16.5. The zero-order valence-corrected chi connectivity index (χ0v) is 57.8.